The third-order valence-electron chi connectivity index (χ3n) is 6.51. The van der Waals surface area contributed by atoms with Crippen LogP contribution in [-0.2, 0) is 24.2 Å². The van der Waals surface area contributed by atoms with E-state index in [-0.39, 0.29) is 17.8 Å². The van der Waals surface area contributed by atoms with Crippen molar-refractivity contribution in [3.63, 3.8) is 0 Å². The minimum Gasteiger partial charge on any atom is -0.483 e. The van der Waals surface area contributed by atoms with E-state index in [0.717, 1.165) is 47.4 Å². The van der Waals surface area contributed by atoms with E-state index >= 15 is 0 Å². The molecule has 1 aliphatic carbocycles. The lowest BCUT2D eigenvalue weighted by Crippen LogP contribution is -2.15. The lowest BCUT2D eigenvalue weighted by Gasteiger charge is -2.17. The van der Waals surface area contributed by atoms with Crippen LogP contribution in [0.25, 0.3) is 0 Å². The second-order valence-electron chi connectivity index (χ2n) is 9.44. The minimum atomic E-state index is -0.380. The van der Waals surface area contributed by atoms with Gasteiger partial charge >= 0.3 is 0 Å². The fraction of sp³-hybridized carbons (Fsp3) is 0.429. The van der Waals surface area contributed by atoms with E-state index in [2.05, 4.69) is 28.2 Å². The number of rotatable bonds is 9. The predicted octanol–water partition coefficient (Wildman–Crippen LogP) is 7.20. The van der Waals surface area contributed by atoms with E-state index in [9.17, 15) is 10.1 Å². The van der Waals surface area contributed by atoms with Gasteiger partial charge in [-0.15, -0.1) is 28.1 Å². The van der Waals surface area contributed by atoms with Crippen LogP contribution in [0.3, 0.4) is 0 Å². The fourth-order valence-electron chi connectivity index (χ4n) is 4.66. The number of thioether (sulfide) groups is 1. The molecule has 0 spiro atoms. The molecular weight excluding hydrogens is 538 g/mol. The lowest BCUT2D eigenvalue weighted by atomic mass is 9.97. The van der Waals surface area contributed by atoms with Gasteiger partial charge in [0.05, 0.1) is 11.3 Å². The number of anilines is 1. The summed E-state index contributed by atoms with van der Waals surface area (Å²) in [6, 6.07) is 6.14. The Labute approximate surface area is 237 Å². The maximum Gasteiger partial charge on any atom is 0.235 e. The van der Waals surface area contributed by atoms with Crippen LogP contribution in [0.1, 0.15) is 71.7 Å². The number of aryl methyl sites for hydroxylation is 3. The number of ether oxygens (including phenoxy) is 1. The number of halogens is 1. The normalized spacial score (nSPS) is 14.1. The largest absolute Gasteiger partial charge is 0.483 e. The SMILES string of the molecule is C=CCn1c(SCC(=O)Nc2sc3c(c2C#N)CCCCCC3)nnc1C(C)Oc1cc(C)c(Cl)c(C)c1. The Morgan fingerprint density at radius 2 is 2.00 bits per heavy atom. The number of nitriles is 1. The lowest BCUT2D eigenvalue weighted by molar-refractivity contribution is -0.113. The van der Waals surface area contributed by atoms with Gasteiger partial charge in [0, 0.05) is 16.4 Å². The number of carbonyl (C=O) groups is 1. The van der Waals surface area contributed by atoms with Gasteiger partial charge in [0.25, 0.3) is 0 Å². The van der Waals surface area contributed by atoms with Gasteiger partial charge in [-0.2, -0.15) is 5.26 Å². The number of hydrogen-bond donors (Lipinski definition) is 1. The molecule has 1 N–H and O–H groups in total. The first kappa shape index (κ1) is 28.2. The summed E-state index contributed by atoms with van der Waals surface area (Å²) in [6.07, 6.45) is 7.88. The number of aromatic nitrogens is 3. The van der Waals surface area contributed by atoms with Gasteiger partial charge in [0.2, 0.25) is 5.91 Å². The molecule has 0 saturated carbocycles. The molecule has 0 saturated heterocycles. The molecule has 4 rings (SSSR count). The number of nitrogens with one attached hydrogen (secondary N) is 1. The van der Waals surface area contributed by atoms with Crippen LogP contribution in [0, 0.1) is 25.2 Å². The van der Waals surface area contributed by atoms with E-state index in [1.165, 1.54) is 29.5 Å². The summed E-state index contributed by atoms with van der Waals surface area (Å²) >= 11 is 9.14. The van der Waals surface area contributed by atoms with Crippen LogP contribution in [0.2, 0.25) is 5.02 Å². The molecule has 0 bridgehead atoms. The Kier molecular flexibility index (Phi) is 9.53. The molecule has 0 fully saturated rings. The van der Waals surface area contributed by atoms with Gasteiger partial charge in [-0.3, -0.25) is 9.36 Å². The predicted molar refractivity (Wildman–Crippen MR) is 154 cm³/mol. The molecule has 0 aliphatic heterocycles. The van der Waals surface area contributed by atoms with Crippen LogP contribution in [-0.4, -0.2) is 26.4 Å². The number of hydrogen-bond acceptors (Lipinski definition) is 7. The van der Waals surface area contributed by atoms with Crippen molar-refractivity contribution >= 4 is 45.6 Å². The summed E-state index contributed by atoms with van der Waals surface area (Å²) in [5.41, 5.74) is 3.64. The Morgan fingerprint density at radius 1 is 1.29 bits per heavy atom. The standard InChI is InChI=1S/C28H32ClN5O2S2/c1-5-12-34-26(19(4)36-20-13-17(2)25(29)18(3)14-20)32-33-28(34)37-16-24(35)31-27-22(15-30)21-10-8-6-7-9-11-23(21)38-27/h5,13-14,19H,1,6-12,16H2,2-4H3,(H,31,35). The van der Waals surface area contributed by atoms with Crippen molar-refractivity contribution < 1.29 is 9.53 Å². The molecule has 3 aromatic rings. The second kappa shape index (κ2) is 12.8. The Balaban J connectivity index is 1.45. The van der Waals surface area contributed by atoms with E-state index < -0.39 is 0 Å². The van der Waals surface area contributed by atoms with Crippen LogP contribution in [0.5, 0.6) is 5.75 Å². The van der Waals surface area contributed by atoms with Gasteiger partial charge in [-0.05, 0) is 75.3 Å². The first-order chi connectivity index (χ1) is 18.3. The second-order valence-corrected chi connectivity index (χ2v) is 11.9. The number of carbonyl (C=O) groups excluding carboxylic acids is 1. The van der Waals surface area contributed by atoms with Crippen molar-refractivity contribution in [1.82, 2.24) is 14.8 Å². The maximum atomic E-state index is 12.9. The molecule has 1 aromatic carbocycles. The molecule has 10 heteroatoms. The van der Waals surface area contributed by atoms with Gasteiger partial charge < -0.3 is 10.1 Å². The minimum absolute atomic E-state index is 0.146. The third kappa shape index (κ3) is 6.42. The summed E-state index contributed by atoms with van der Waals surface area (Å²) in [5.74, 6) is 1.32. The van der Waals surface area contributed by atoms with Crippen molar-refractivity contribution in [3.8, 4) is 11.8 Å². The molecule has 1 unspecified atom stereocenters. The molecule has 1 atom stereocenters. The molecular formula is C28H32ClN5O2S2. The molecule has 2 aromatic heterocycles. The number of thiophene rings is 1. The molecule has 2 heterocycles. The number of benzene rings is 1. The molecule has 0 radical (unpaired) electrons. The molecule has 1 aliphatic rings. The number of nitrogens with zero attached hydrogens (tertiary/aromatic N) is 4. The summed E-state index contributed by atoms with van der Waals surface area (Å²) in [7, 11) is 0. The van der Waals surface area contributed by atoms with Gasteiger partial charge in [0.15, 0.2) is 17.1 Å². The highest BCUT2D eigenvalue weighted by Crippen LogP contribution is 2.37. The van der Waals surface area contributed by atoms with E-state index in [1.807, 2.05) is 37.5 Å². The van der Waals surface area contributed by atoms with Crippen LogP contribution >= 0.6 is 34.7 Å². The zero-order valence-electron chi connectivity index (χ0n) is 22.0. The smallest absolute Gasteiger partial charge is 0.235 e. The van der Waals surface area contributed by atoms with E-state index in [4.69, 9.17) is 16.3 Å². The average molecular weight is 570 g/mol. The number of allylic oxidation sites excluding steroid dienone is 1. The van der Waals surface area contributed by atoms with Gasteiger partial charge in [-0.25, -0.2) is 0 Å². The fourth-order valence-corrected chi connectivity index (χ4v) is 6.78. The molecule has 7 nitrogen and oxygen atoms in total. The maximum absolute atomic E-state index is 12.9. The molecule has 1 amide bonds. The zero-order valence-corrected chi connectivity index (χ0v) is 24.4. The van der Waals surface area contributed by atoms with Crippen molar-refractivity contribution in [1.29, 1.82) is 5.26 Å². The highest BCUT2D eigenvalue weighted by Gasteiger charge is 2.23. The summed E-state index contributed by atoms with van der Waals surface area (Å²) in [5, 5.41) is 23.5. The highest BCUT2D eigenvalue weighted by atomic mass is 35.5. The summed E-state index contributed by atoms with van der Waals surface area (Å²) < 4.78 is 8.08. The van der Waals surface area contributed by atoms with Crippen LogP contribution in [0.4, 0.5) is 5.00 Å². The van der Waals surface area contributed by atoms with Gasteiger partial charge in [0.1, 0.15) is 16.8 Å². The van der Waals surface area contributed by atoms with Crippen molar-refractivity contribution in [2.24, 2.45) is 0 Å². The Morgan fingerprint density at radius 3 is 2.68 bits per heavy atom. The van der Waals surface area contributed by atoms with Crippen LogP contribution in [0.15, 0.2) is 29.9 Å². The first-order valence-corrected chi connectivity index (χ1v) is 14.9. The first-order valence-electron chi connectivity index (χ1n) is 12.8. The quantitative estimate of drug-likeness (QED) is 0.216. The molecule has 200 valence electrons. The topological polar surface area (TPSA) is 92.8 Å². The summed E-state index contributed by atoms with van der Waals surface area (Å²) in [6.45, 7) is 10.1. The Bertz CT molecular complexity index is 1350. The average Bonchev–Trinajstić information content (AvgIpc) is 3.41. The van der Waals surface area contributed by atoms with Crippen molar-refractivity contribution in [2.45, 2.75) is 77.1 Å². The molecule has 38 heavy (non-hydrogen) atoms. The van der Waals surface area contributed by atoms with Crippen LogP contribution < -0.4 is 10.1 Å². The van der Waals surface area contributed by atoms with Crippen molar-refractivity contribution in [2.75, 3.05) is 11.1 Å². The van der Waals surface area contributed by atoms with Gasteiger partial charge in [-0.1, -0.05) is 42.3 Å². The highest BCUT2D eigenvalue weighted by molar-refractivity contribution is 7.99. The zero-order chi connectivity index (χ0) is 27.2. The van der Waals surface area contributed by atoms with E-state index in [1.54, 1.807) is 17.4 Å². The summed E-state index contributed by atoms with van der Waals surface area (Å²) in [4.78, 5) is 14.1. The number of fused-ring (bicyclic) bond motifs is 1. The Hall–Kier alpha value is -2.80. The monoisotopic (exact) mass is 569 g/mol. The number of amides is 1. The third-order valence-corrected chi connectivity index (χ3v) is 9.28. The van der Waals surface area contributed by atoms with Crippen molar-refractivity contribution in [3.05, 3.63) is 62.8 Å². The van der Waals surface area contributed by atoms with E-state index in [0.29, 0.717) is 33.8 Å².